The number of amides is 1. The minimum atomic E-state index is -0.697. The molecule has 0 aromatic carbocycles. The van der Waals surface area contributed by atoms with Gasteiger partial charge in [0.25, 0.3) is 0 Å². The van der Waals surface area contributed by atoms with Gasteiger partial charge in [0, 0.05) is 18.5 Å². The molecule has 126 valence electrons. The van der Waals surface area contributed by atoms with Crippen LogP contribution in [-0.2, 0) is 4.79 Å². The van der Waals surface area contributed by atoms with Gasteiger partial charge < -0.3 is 20.8 Å². The van der Waals surface area contributed by atoms with Gasteiger partial charge in [-0.25, -0.2) is 0 Å². The highest BCUT2D eigenvalue weighted by Crippen LogP contribution is 2.61. The fourth-order valence-electron chi connectivity index (χ4n) is 5.22. The molecule has 3 aliphatic carbocycles. The molecule has 0 aromatic rings. The molecule has 4 aliphatic rings. The van der Waals surface area contributed by atoms with E-state index in [4.69, 9.17) is 0 Å². The van der Waals surface area contributed by atoms with E-state index in [0.29, 0.717) is 29.7 Å². The van der Waals surface area contributed by atoms with E-state index in [1.54, 1.807) is 6.92 Å². The molecule has 1 aliphatic heterocycles. The normalized spacial score (nSPS) is 47.6. The summed E-state index contributed by atoms with van der Waals surface area (Å²) in [5, 5.41) is 26.0. The standard InChI is InChI=1S/C17H30N2O3/c1-8-11-5-10(17(11,3)4)6-12(8)19-16(22)15-14(9(2)20)13(21)7-18-15/h8-15,18,20-21H,5-7H2,1-4H3,(H,19,22)/t8?,9-,10+,11-,12-,13-,14?,15-/m0/s1. The van der Waals surface area contributed by atoms with Crippen molar-refractivity contribution in [2.24, 2.45) is 29.1 Å². The number of aliphatic hydroxyl groups excluding tert-OH is 2. The first-order valence-electron chi connectivity index (χ1n) is 8.63. The Balaban J connectivity index is 1.63. The fourth-order valence-corrected chi connectivity index (χ4v) is 5.22. The summed E-state index contributed by atoms with van der Waals surface area (Å²) in [5.41, 5.74) is 0.407. The van der Waals surface area contributed by atoms with E-state index in [1.807, 2.05) is 0 Å². The first-order valence-corrected chi connectivity index (χ1v) is 8.63. The molecular weight excluding hydrogens is 280 g/mol. The van der Waals surface area contributed by atoms with Crippen LogP contribution in [0.1, 0.15) is 40.5 Å². The number of aliphatic hydroxyl groups is 2. The average Bonchev–Trinajstić information content (AvgIpc) is 2.82. The Bertz CT molecular complexity index is 451. The average molecular weight is 310 g/mol. The lowest BCUT2D eigenvalue weighted by molar-refractivity contribution is -0.137. The maximum absolute atomic E-state index is 12.6. The molecule has 1 saturated heterocycles. The third-order valence-electron chi connectivity index (χ3n) is 6.90. The first kappa shape index (κ1) is 16.2. The predicted molar refractivity (Wildman–Crippen MR) is 84.1 cm³/mol. The van der Waals surface area contributed by atoms with Crippen LogP contribution in [0.15, 0.2) is 0 Å². The molecule has 2 bridgehead atoms. The number of hydrogen-bond acceptors (Lipinski definition) is 4. The van der Waals surface area contributed by atoms with Crippen LogP contribution >= 0.6 is 0 Å². The molecule has 22 heavy (non-hydrogen) atoms. The van der Waals surface area contributed by atoms with Crippen LogP contribution < -0.4 is 10.6 Å². The summed E-state index contributed by atoms with van der Waals surface area (Å²) >= 11 is 0. The molecule has 4 fully saturated rings. The molecule has 0 aromatic heterocycles. The summed E-state index contributed by atoms with van der Waals surface area (Å²) in [6.07, 6.45) is 0.978. The Hall–Kier alpha value is -0.650. The molecule has 4 rings (SSSR count). The van der Waals surface area contributed by atoms with E-state index >= 15 is 0 Å². The van der Waals surface area contributed by atoms with E-state index in [0.717, 1.165) is 6.42 Å². The zero-order chi connectivity index (χ0) is 16.2. The number of nitrogens with one attached hydrogen (secondary N) is 2. The molecule has 0 radical (unpaired) electrons. The highest BCUT2D eigenvalue weighted by molar-refractivity contribution is 5.83. The van der Waals surface area contributed by atoms with E-state index in [2.05, 4.69) is 31.4 Å². The zero-order valence-electron chi connectivity index (χ0n) is 14.0. The number of carbonyl (C=O) groups excluding carboxylic acids is 1. The van der Waals surface area contributed by atoms with Crippen molar-refractivity contribution in [3.63, 3.8) is 0 Å². The Kier molecular flexibility index (Phi) is 4.03. The Morgan fingerprint density at radius 2 is 2.05 bits per heavy atom. The summed E-state index contributed by atoms with van der Waals surface area (Å²) in [4.78, 5) is 12.6. The summed E-state index contributed by atoms with van der Waals surface area (Å²) in [5.74, 6) is 1.38. The predicted octanol–water partition coefficient (Wildman–Crippen LogP) is 0.503. The SMILES string of the molecule is CC1[C@@H](NC(=O)[C@H]2NC[C@H](O)C2[C@H](C)O)C[C@H]2C[C@@H]1C2(C)C. The van der Waals surface area contributed by atoms with E-state index < -0.39 is 24.2 Å². The van der Waals surface area contributed by atoms with Crippen molar-refractivity contribution in [2.75, 3.05) is 6.54 Å². The number of carbonyl (C=O) groups is 1. The van der Waals surface area contributed by atoms with Crippen LogP contribution in [0.4, 0.5) is 0 Å². The van der Waals surface area contributed by atoms with Gasteiger partial charge in [-0.05, 0) is 42.9 Å². The molecule has 5 heteroatoms. The Labute approximate surface area is 132 Å². The highest BCUT2D eigenvalue weighted by Gasteiger charge is 2.56. The summed E-state index contributed by atoms with van der Waals surface area (Å²) < 4.78 is 0. The van der Waals surface area contributed by atoms with Crippen molar-refractivity contribution < 1.29 is 15.0 Å². The third kappa shape index (κ3) is 2.38. The summed E-state index contributed by atoms with van der Waals surface area (Å²) in [6.45, 7) is 8.95. The highest BCUT2D eigenvalue weighted by atomic mass is 16.3. The van der Waals surface area contributed by atoms with Gasteiger partial charge in [0.1, 0.15) is 0 Å². The van der Waals surface area contributed by atoms with Gasteiger partial charge in [0.2, 0.25) is 5.91 Å². The van der Waals surface area contributed by atoms with Gasteiger partial charge in [-0.15, -0.1) is 0 Å². The number of hydrogen-bond donors (Lipinski definition) is 4. The van der Waals surface area contributed by atoms with E-state index in [9.17, 15) is 15.0 Å². The van der Waals surface area contributed by atoms with Gasteiger partial charge in [0.05, 0.1) is 18.2 Å². The largest absolute Gasteiger partial charge is 0.393 e. The van der Waals surface area contributed by atoms with Crippen LogP contribution in [0.25, 0.3) is 0 Å². The third-order valence-corrected chi connectivity index (χ3v) is 6.90. The van der Waals surface area contributed by atoms with Crippen molar-refractivity contribution in [3.8, 4) is 0 Å². The molecule has 2 unspecified atom stereocenters. The van der Waals surface area contributed by atoms with Crippen LogP contribution in [0.2, 0.25) is 0 Å². The van der Waals surface area contributed by atoms with Crippen LogP contribution in [0.3, 0.4) is 0 Å². The van der Waals surface area contributed by atoms with Crippen LogP contribution in [0.5, 0.6) is 0 Å². The first-order chi connectivity index (χ1) is 10.2. The zero-order valence-corrected chi connectivity index (χ0v) is 14.0. The number of rotatable bonds is 3. The number of fused-ring (bicyclic) bond motifs is 2. The molecule has 1 amide bonds. The van der Waals surface area contributed by atoms with Crippen LogP contribution in [0, 0.1) is 29.1 Å². The van der Waals surface area contributed by atoms with Gasteiger partial charge in [0.15, 0.2) is 0 Å². The molecular formula is C17H30N2O3. The summed E-state index contributed by atoms with van der Waals surface area (Å²) in [6, 6.07) is -0.271. The second-order valence-electron chi connectivity index (χ2n) is 8.34. The fraction of sp³-hybridized carbons (Fsp3) is 0.941. The second kappa shape index (κ2) is 5.46. The van der Waals surface area contributed by atoms with E-state index in [-0.39, 0.29) is 11.9 Å². The molecule has 3 saturated carbocycles. The van der Waals surface area contributed by atoms with Crippen molar-refractivity contribution in [1.82, 2.24) is 10.6 Å². The molecule has 0 spiro atoms. The van der Waals surface area contributed by atoms with Crippen molar-refractivity contribution >= 4 is 5.91 Å². The lowest BCUT2D eigenvalue weighted by Gasteiger charge is -2.62. The Morgan fingerprint density at radius 1 is 1.36 bits per heavy atom. The van der Waals surface area contributed by atoms with Gasteiger partial charge in [-0.3, -0.25) is 4.79 Å². The quantitative estimate of drug-likeness (QED) is 0.612. The molecule has 5 nitrogen and oxygen atoms in total. The van der Waals surface area contributed by atoms with Crippen molar-refractivity contribution in [1.29, 1.82) is 0 Å². The molecule has 8 atom stereocenters. The van der Waals surface area contributed by atoms with Gasteiger partial charge in [-0.2, -0.15) is 0 Å². The molecule has 1 heterocycles. The maximum Gasteiger partial charge on any atom is 0.237 e. The monoisotopic (exact) mass is 310 g/mol. The van der Waals surface area contributed by atoms with Crippen molar-refractivity contribution in [3.05, 3.63) is 0 Å². The minimum Gasteiger partial charge on any atom is -0.393 e. The lowest BCUT2D eigenvalue weighted by atomic mass is 9.45. The number of β-amino-alcohol motifs (C(OH)–C–C–N with tert-alkyl or cyclic N) is 1. The Morgan fingerprint density at radius 3 is 2.59 bits per heavy atom. The van der Waals surface area contributed by atoms with Gasteiger partial charge in [-0.1, -0.05) is 20.8 Å². The second-order valence-corrected chi connectivity index (χ2v) is 8.34. The molecule has 4 N–H and O–H groups in total. The van der Waals surface area contributed by atoms with Crippen LogP contribution in [-0.4, -0.2) is 47.0 Å². The van der Waals surface area contributed by atoms with Crippen molar-refractivity contribution in [2.45, 2.75) is 64.8 Å². The summed E-state index contributed by atoms with van der Waals surface area (Å²) in [7, 11) is 0. The smallest absolute Gasteiger partial charge is 0.237 e. The minimum absolute atomic E-state index is 0.0709. The van der Waals surface area contributed by atoms with Gasteiger partial charge >= 0.3 is 0 Å². The lowest BCUT2D eigenvalue weighted by Crippen LogP contribution is -2.62. The maximum atomic E-state index is 12.6. The topological polar surface area (TPSA) is 81.6 Å². The van der Waals surface area contributed by atoms with E-state index in [1.165, 1.54) is 6.42 Å².